The van der Waals surface area contributed by atoms with E-state index in [4.69, 9.17) is 0 Å². The van der Waals surface area contributed by atoms with Gasteiger partial charge in [-0.2, -0.15) is 0 Å². The third-order valence-electron chi connectivity index (χ3n) is 5.93. The zero-order chi connectivity index (χ0) is 19.4. The van der Waals surface area contributed by atoms with Crippen LogP contribution < -0.4 is 0 Å². The quantitative estimate of drug-likeness (QED) is 0.680. The molecule has 4 rings (SSSR count). The van der Waals surface area contributed by atoms with Crippen molar-refractivity contribution in [2.75, 3.05) is 13.1 Å². The van der Waals surface area contributed by atoms with Crippen molar-refractivity contribution in [3.05, 3.63) is 107 Å². The first-order valence-electron chi connectivity index (χ1n) is 9.96. The van der Waals surface area contributed by atoms with Crippen LogP contribution in [-0.4, -0.2) is 23.1 Å². The maximum Gasteiger partial charge on any atom is 0.123 e. The molecule has 0 radical (unpaired) electrons. The van der Waals surface area contributed by atoms with E-state index in [1.807, 2.05) is 72.8 Å². The molecule has 0 aliphatic carbocycles. The number of nitrogens with zero attached hydrogens (tertiary/aromatic N) is 1. The van der Waals surface area contributed by atoms with Gasteiger partial charge in [0, 0.05) is 6.54 Å². The summed E-state index contributed by atoms with van der Waals surface area (Å²) in [5.74, 6) is -0.0417. The van der Waals surface area contributed by atoms with E-state index in [0.29, 0.717) is 0 Å². The third-order valence-corrected chi connectivity index (χ3v) is 5.93. The number of hydrogen-bond donors (Lipinski definition) is 1. The lowest BCUT2D eigenvalue weighted by Gasteiger charge is -2.42. The zero-order valence-corrected chi connectivity index (χ0v) is 16.0. The van der Waals surface area contributed by atoms with Crippen molar-refractivity contribution < 1.29 is 9.50 Å². The smallest absolute Gasteiger partial charge is 0.123 e. The summed E-state index contributed by atoms with van der Waals surface area (Å²) in [6, 6.07) is 26.8. The van der Waals surface area contributed by atoms with Gasteiger partial charge in [-0.3, -0.25) is 4.90 Å². The molecule has 1 fully saturated rings. The van der Waals surface area contributed by atoms with Gasteiger partial charge in [-0.1, -0.05) is 72.8 Å². The first kappa shape index (κ1) is 18.9. The summed E-state index contributed by atoms with van der Waals surface area (Å²) in [5, 5.41) is 11.9. The molecule has 0 amide bonds. The van der Waals surface area contributed by atoms with Crippen molar-refractivity contribution in [3.8, 4) is 0 Å². The van der Waals surface area contributed by atoms with Gasteiger partial charge in [0.1, 0.15) is 11.4 Å². The number of likely N-dealkylation sites (tertiary alicyclic amines) is 1. The maximum atomic E-state index is 13.1. The van der Waals surface area contributed by atoms with Crippen LogP contribution >= 0.6 is 0 Å². The van der Waals surface area contributed by atoms with E-state index in [-0.39, 0.29) is 11.7 Å². The summed E-state index contributed by atoms with van der Waals surface area (Å²) in [7, 11) is 0. The molecular formula is C25H26FNO. The molecule has 1 aliphatic heterocycles. The van der Waals surface area contributed by atoms with Crippen LogP contribution in [0.2, 0.25) is 0 Å². The highest BCUT2D eigenvalue weighted by Gasteiger charge is 2.41. The molecule has 1 N–H and O–H groups in total. The molecule has 1 heterocycles. The molecule has 0 bridgehead atoms. The lowest BCUT2D eigenvalue weighted by molar-refractivity contribution is -0.0152. The van der Waals surface area contributed by atoms with Gasteiger partial charge in [0.05, 0.1) is 0 Å². The van der Waals surface area contributed by atoms with E-state index >= 15 is 0 Å². The van der Waals surface area contributed by atoms with Gasteiger partial charge >= 0.3 is 0 Å². The average Bonchev–Trinajstić information content (AvgIpc) is 2.76. The van der Waals surface area contributed by atoms with E-state index in [2.05, 4.69) is 4.90 Å². The minimum absolute atomic E-state index is 0.154. The molecule has 0 saturated carbocycles. The van der Waals surface area contributed by atoms with Gasteiger partial charge in [0.2, 0.25) is 0 Å². The van der Waals surface area contributed by atoms with Gasteiger partial charge in [-0.25, -0.2) is 4.39 Å². The topological polar surface area (TPSA) is 23.5 Å². The summed E-state index contributed by atoms with van der Waals surface area (Å²) in [5.41, 5.74) is 2.06. The summed E-state index contributed by atoms with van der Waals surface area (Å²) in [6.45, 7) is 2.66. The molecule has 1 aliphatic rings. The minimum Gasteiger partial charge on any atom is -0.380 e. The Bertz CT molecular complexity index is 832. The Labute approximate surface area is 166 Å². The Kier molecular flexibility index (Phi) is 5.56. The minimum atomic E-state index is -0.982. The first-order valence-corrected chi connectivity index (χ1v) is 9.96. The zero-order valence-electron chi connectivity index (χ0n) is 16.0. The molecule has 3 aromatic carbocycles. The molecule has 28 heavy (non-hydrogen) atoms. The standard InChI is InChI=1S/C25H26FNO/c26-24-13-11-20(12-14-24)19-27-17-15-23(16-18-27)25(28,21-7-3-1-4-8-21)22-9-5-2-6-10-22/h1-14,23,28H,15-19H2. The Morgan fingerprint density at radius 3 is 1.79 bits per heavy atom. The normalized spacial score (nSPS) is 16.2. The number of benzene rings is 3. The molecule has 1 saturated heterocycles. The fourth-order valence-electron chi connectivity index (χ4n) is 4.38. The van der Waals surface area contributed by atoms with Crippen molar-refractivity contribution in [3.63, 3.8) is 0 Å². The van der Waals surface area contributed by atoms with Crippen molar-refractivity contribution in [2.45, 2.75) is 25.0 Å². The maximum absolute atomic E-state index is 13.1. The molecule has 2 nitrogen and oxygen atoms in total. The SMILES string of the molecule is OC(c1ccccc1)(c1ccccc1)C1CCN(Cc2ccc(F)cc2)CC1. The van der Waals surface area contributed by atoms with Crippen LogP contribution in [-0.2, 0) is 12.1 Å². The summed E-state index contributed by atoms with van der Waals surface area (Å²) in [6.07, 6.45) is 1.84. The molecule has 3 aromatic rings. The number of aliphatic hydroxyl groups is 1. The molecule has 0 atom stereocenters. The fraction of sp³-hybridized carbons (Fsp3) is 0.280. The van der Waals surface area contributed by atoms with Crippen LogP contribution in [0.1, 0.15) is 29.5 Å². The van der Waals surface area contributed by atoms with Gasteiger partial charge in [0.15, 0.2) is 0 Å². The van der Waals surface area contributed by atoms with Crippen LogP contribution in [0.15, 0.2) is 84.9 Å². The van der Waals surface area contributed by atoms with Gasteiger partial charge in [-0.05, 0) is 60.7 Å². The van der Waals surface area contributed by atoms with Gasteiger partial charge in [-0.15, -0.1) is 0 Å². The van der Waals surface area contributed by atoms with Crippen molar-refractivity contribution >= 4 is 0 Å². The van der Waals surface area contributed by atoms with E-state index in [1.165, 1.54) is 12.1 Å². The second kappa shape index (κ2) is 8.26. The summed E-state index contributed by atoms with van der Waals surface area (Å²) in [4.78, 5) is 2.39. The van der Waals surface area contributed by atoms with E-state index in [9.17, 15) is 9.50 Å². The highest BCUT2D eigenvalue weighted by Crippen LogP contribution is 2.42. The lowest BCUT2D eigenvalue weighted by atomic mass is 9.72. The molecule has 3 heteroatoms. The van der Waals surface area contributed by atoms with Crippen LogP contribution in [0.4, 0.5) is 4.39 Å². The summed E-state index contributed by atoms with van der Waals surface area (Å²) >= 11 is 0. The Balaban J connectivity index is 1.52. The van der Waals surface area contributed by atoms with Crippen molar-refractivity contribution in [1.82, 2.24) is 4.90 Å². The van der Waals surface area contributed by atoms with Gasteiger partial charge in [0.25, 0.3) is 0 Å². The van der Waals surface area contributed by atoms with Crippen molar-refractivity contribution in [2.24, 2.45) is 5.92 Å². The Morgan fingerprint density at radius 2 is 1.29 bits per heavy atom. The molecule has 0 aromatic heterocycles. The van der Waals surface area contributed by atoms with Crippen LogP contribution in [0.25, 0.3) is 0 Å². The van der Waals surface area contributed by atoms with Gasteiger partial charge < -0.3 is 5.11 Å². The molecular weight excluding hydrogens is 349 g/mol. The highest BCUT2D eigenvalue weighted by atomic mass is 19.1. The highest BCUT2D eigenvalue weighted by molar-refractivity contribution is 5.37. The third kappa shape index (κ3) is 3.87. The number of piperidine rings is 1. The first-order chi connectivity index (χ1) is 13.7. The fourth-order valence-corrected chi connectivity index (χ4v) is 4.38. The molecule has 0 unspecified atom stereocenters. The monoisotopic (exact) mass is 375 g/mol. The predicted molar refractivity (Wildman–Crippen MR) is 110 cm³/mol. The van der Waals surface area contributed by atoms with Crippen LogP contribution in [0.5, 0.6) is 0 Å². The Morgan fingerprint density at radius 1 is 0.786 bits per heavy atom. The van der Waals surface area contributed by atoms with Crippen molar-refractivity contribution in [1.29, 1.82) is 0 Å². The number of halogens is 1. The van der Waals surface area contributed by atoms with Crippen LogP contribution in [0, 0.1) is 11.7 Å². The second-order valence-corrected chi connectivity index (χ2v) is 7.68. The average molecular weight is 375 g/mol. The lowest BCUT2D eigenvalue weighted by Crippen LogP contribution is -2.44. The Hall–Kier alpha value is -2.49. The van der Waals surface area contributed by atoms with E-state index in [1.54, 1.807) is 0 Å². The summed E-state index contributed by atoms with van der Waals surface area (Å²) < 4.78 is 13.1. The predicted octanol–water partition coefficient (Wildman–Crippen LogP) is 4.97. The second-order valence-electron chi connectivity index (χ2n) is 7.68. The number of rotatable bonds is 5. The number of hydrogen-bond acceptors (Lipinski definition) is 2. The van der Waals surface area contributed by atoms with E-state index in [0.717, 1.165) is 49.2 Å². The van der Waals surface area contributed by atoms with Crippen LogP contribution in [0.3, 0.4) is 0 Å². The van der Waals surface area contributed by atoms with E-state index < -0.39 is 5.60 Å². The largest absolute Gasteiger partial charge is 0.380 e. The molecule has 144 valence electrons. The molecule has 0 spiro atoms.